The Labute approximate surface area is 164 Å². The van der Waals surface area contributed by atoms with Gasteiger partial charge in [0.25, 0.3) is 0 Å². The van der Waals surface area contributed by atoms with Crippen LogP contribution in [0.25, 0.3) is 22.3 Å². The van der Waals surface area contributed by atoms with Crippen molar-refractivity contribution in [3.63, 3.8) is 0 Å². The Morgan fingerprint density at radius 1 is 1.00 bits per heavy atom. The molecule has 0 saturated heterocycles. The normalized spacial score (nSPS) is 11.6. The quantitative estimate of drug-likeness (QED) is 0.448. The van der Waals surface area contributed by atoms with E-state index >= 15 is 0 Å². The van der Waals surface area contributed by atoms with Crippen LogP contribution in [-0.4, -0.2) is 27.3 Å². The number of rotatable bonds is 7. The van der Waals surface area contributed by atoms with Gasteiger partial charge in [0.1, 0.15) is 6.29 Å². The molecule has 29 heavy (non-hydrogen) atoms. The van der Waals surface area contributed by atoms with Gasteiger partial charge in [0, 0.05) is 17.5 Å². The third-order valence-electron chi connectivity index (χ3n) is 4.44. The zero-order chi connectivity index (χ0) is 21.0. The third kappa shape index (κ3) is 4.96. The third-order valence-corrected chi connectivity index (χ3v) is 4.44. The lowest BCUT2D eigenvalue weighted by molar-refractivity contribution is -0.138. The Morgan fingerprint density at radius 3 is 2.34 bits per heavy atom. The summed E-state index contributed by atoms with van der Waals surface area (Å²) in [7, 11) is 0. The first-order valence-electron chi connectivity index (χ1n) is 8.93. The summed E-state index contributed by atoms with van der Waals surface area (Å²) in [4.78, 5) is 30.8. The largest absolute Gasteiger partial charge is 0.481 e. The summed E-state index contributed by atoms with van der Waals surface area (Å²) < 4.78 is 38.5. The maximum Gasteiger partial charge on any atom is 0.416 e. The van der Waals surface area contributed by atoms with Gasteiger partial charge in [-0.3, -0.25) is 9.59 Å². The fourth-order valence-electron chi connectivity index (χ4n) is 2.97. The molecule has 0 atom stereocenters. The molecule has 5 nitrogen and oxygen atoms in total. The van der Waals surface area contributed by atoms with Crippen LogP contribution in [0.3, 0.4) is 0 Å². The first-order chi connectivity index (χ1) is 13.8. The van der Waals surface area contributed by atoms with Gasteiger partial charge in [-0.2, -0.15) is 13.2 Å². The molecule has 0 bridgehead atoms. The number of aldehydes is 1. The average Bonchev–Trinajstić information content (AvgIpc) is 2.69. The predicted octanol–water partition coefficient (Wildman–Crippen LogP) is 4.93. The number of hydrogen-bond acceptors (Lipinski definition) is 4. The Morgan fingerprint density at radius 2 is 1.72 bits per heavy atom. The molecule has 0 amide bonds. The van der Waals surface area contributed by atoms with E-state index in [0.717, 1.165) is 12.1 Å². The standard InChI is InChI=1S/C21H17F3N2O3/c22-21(23,24)15-8-6-14(7-9-15)20-17(3-1-2-4-19(28)29)25-18-11-13(12-27)5-10-16(18)26-20/h5-12H,1-4H2,(H,28,29). The summed E-state index contributed by atoms with van der Waals surface area (Å²) in [6, 6.07) is 9.49. The first kappa shape index (κ1) is 20.4. The molecule has 1 heterocycles. The predicted molar refractivity (Wildman–Crippen MR) is 101 cm³/mol. The molecule has 3 aromatic rings. The smallest absolute Gasteiger partial charge is 0.416 e. The van der Waals surface area contributed by atoms with E-state index < -0.39 is 17.7 Å². The van der Waals surface area contributed by atoms with Crippen molar-refractivity contribution in [2.24, 2.45) is 0 Å². The second kappa shape index (κ2) is 8.38. The summed E-state index contributed by atoms with van der Waals surface area (Å²) in [5.74, 6) is -0.895. The zero-order valence-electron chi connectivity index (χ0n) is 15.2. The highest BCUT2D eigenvalue weighted by molar-refractivity contribution is 5.85. The molecule has 3 rings (SSSR count). The highest BCUT2D eigenvalue weighted by atomic mass is 19.4. The van der Waals surface area contributed by atoms with E-state index in [2.05, 4.69) is 9.97 Å². The molecular weight excluding hydrogens is 385 g/mol. The second-order valence-electron chi connectivity index (χ2n) is 6.56. The number of carboxylic acids is 1. The van der Waals surface area contributed by atoms with Crippen molar-refractivity contribution < 1.29 is 27.9 Å². The van der Waals surface area contributed by atoms with E-state index in [-0.39, 0.29) is 6.42 Å². The molecular formula is C21H17F3N2O3. The number of hydrogen-bond donors (Lipinski definition) is 1. The van der Waals surface area contributed by atoms with Crippen LogP contribution in [0.2, 0.25) is 0 Å². The van der Waals surface area contributed by atoms with Gasteiger partial charge in [0.2, 0.25) is 0 Å². The Kier molecular flexibility index (Phi) is 5.91. The maximum atomic E-state index is 12.8. The topological polar surface area (TPSA) is 80.2 Å². The highest BCUT2D eigenvalue weighted by Crippen LogP contribution is 2.32. The number of halogens is 3. The Bertz CT molecular complexity index is 1050. The number of alkyl halides is 3. The monoisotopic (exact) mass is 402 g/mol. The van der Waals surface area contributed by atoms with Crippen molar-refractivity contribution in [1.29, 1.82) is 0 Å². The molecule has 2 aromatic carbocycles. The summed E-state index contributed by atoms with van der Waals surface area (Å²) in [6.07, 6.45) is -2.33. The van der Waals surface area contributed by atoms with Crippen LogP contribution in [0, 0.1) is 0 Å². The first-order valence-corrected chi connectivity index (χ1v) is 8.93. The number of carboxylic acid groups (broad SMARTS) is 1. The molecule has 0 spiro atoms. The van der Waals surface area contributed by atoms with Crippen LogP contribution < -0.4 is 0 Å². The number of unbranched alkanes of at least 4 members (excludes halogenated alkanes) is 1. The van der Waals surface area contributed by atoms with Crippen molar-refractivity contribution in [2.75, 3.05) is 0 Å². The van der Waals surface area contributed by atoms with Crippen molar-refractivity contribution in [2.45, 2.75) is 31.9 Å². The van der Waals surface area contributed by atoms with Gasteiger partial charge in [-0.05, 0) is 49.6 Å². The van der Waals surface area contributed by atoms with Gasteiger partial charge >= 0.3 is 12.1 Å². The van der Waals surface area contributed by atoms with Crippen molar-refractivity contribution in [3.8, 4) is 11.3 Å². The molecule has 0 aliphatic heterocycles. The van der Waals surface area contributed by atoms with E-state index in [1.165, 1.54) is 12.1 Å². The maximum absolute atomic E-state index is 12.8. The van der Waals surface area contributed by atoms with E-state index in [9.17, 15) is 22.8 Å². The SMILES string of the molecule is O=Cc1ccc2nc(-c3ccc(C(F)(F)F)cc3)c(CCCCC(=O)O)nc2c1. The summed E-state index contributed by atoms with van der Waals surface area (Å²) >= 11 is 0. The number of aryl methyl sites for hydroxylation is 1. The average molecular weight is 402 g/mol. The van der Waals surface area contributed by atoms with E-state index in [1.54, 1.807) is 18.2 Å². The molecule has 0 unspecified atom stereocenters. The fraction of sp³-hybridized carbons (Fsp3) is 0.238. The highest BCUT2D eigenvalue weighted by Gasteiger charge is 2.30. The number of aromatic nitrogens is 2. The number of aliphatic carboxylic acids is 1. The molecule has 8 heteroatoms. The van der Waals surface area contributed by atoms with Crippen molar-refractivity contribution in [1.82, 2.24) is 9.97 Å². The van der Waals surface area contributed by atoms with Crippen LogP contribution >= 0.6 is 0 Å². The lowest BCUT2D eigenvalue weighted by Gasteiger charge is -2.12. The van der Waals surface area contributed by atoms with E-state index in [0.29, 0.717) is 59.1 Å². The van der Waals surface area contributed by atoms with Crippen molar-refractivity contribution >= 4 is 23.3 Å². The molecule has 0 saturated carbocycles. The van der Waals surface area contributed by atoms with Crippen LogP contribution in [0.4, 0.5) is 13.2 Å². The van der Waals surface area contributed by atoms with Crippen LogP contribution in [0.1, 0.15) is 40.9 Å². The van der Waals surface area contributed by atoms with Gasteiger partial charge in [0.05, 0.1) is 28.0 Å². The molecule has 0 fully saturated rings. The number of nitrogens with zero attached hydrogens (tertiary/aromatic N) is 2. The van der Waals surface area contributed by atoms with Crippen LogP contribution in [-0.2, 0) is 17.4 Å². The van der Waals surface area contributed by atoms with Crippen LogP contribution in [0.15, 0.2) is 42.5 Å². The minimum atomic E-state index is -4.43. The number of carbonyl (C=O) groups excluding carboxylic acids is 1. The van der Waals surface area contributed by atoms with Crippen LogP contribution in [0.5, 0.6) is 0 Å². The molecule has 150 valence electrons. The summed E-state index contributed by atoms with van der Waals surface area (Å²) in [6.45, 7) is 0. The van der Waals surface area contributed by atoms with E-state index in [4.69, 9.17) is 5.11 Å². The minimum absolute atomic E-state index is 0.0198. The number of benzene rings is 2. The second-order valence-corrected chi connectivity index (χ2v) is 6.56. The van der Waals surface area contributed by atoms with Gasteiger partial charge < -0.3 is 5.11 Å². The zero-order valence-corrected chi connectivity index (χ0v) is 15.2. The number of carbonyl (C=O) groups is 2. The molecule has 0 aliphatic carbocycles. The molecule has 0 aliphatic rings. The number of fused-ring (bicyclic) bond motifs is 1. The molecule has 1 aromatic heterocycles. The lowest BCUT2D eigenvalue weighted by Crippen LogP contribution is -2.05. The fourth-order valence-corrected chi connectivity index (χ4v) is 2.97. The minimum Gasteiger partial charge on any atom is -0.481 e. The summed E-state index contributed by atoms with van der Waals surface area (Å²) in [5, 5.41) is 8.78. The molecule has 1 N–H and O–H groups in total. The van der Waals surface area contributed by atoms with Crippen molar-refractivity contribution in [3.05, 3.63) is 59.3 Å². The summed E-state index contributed by atoms with van der Waals surface area (Å²) in [5.41, 5.74) is 2.17. The Hall–Kier alpha value is -3.29. The van der Waals surface area contributed by atoms with Gasteiger partial charge in [0.15, 0.2) is 0 Å². The lowest BCUT2D eigenvalue weighted by atomic mass is 10.0. The molecule has 0 radical (unpaired) electrons. The Balaban J connectivity index is 2.01. The van der Waals surface area contributed by atoms with E-state index in [1.807, 2.05) is 0 Å². The van der Waals surface area contributed by atoms with Gasteiger partial charge in [-0.1, -0.05) is 12.1 Å². The van der Waals surface area contributed by atoms with Gasteiger partial charge in [-0.25, -0.2) is 9.97 Å². The van der Waals surface area contributed by atoms with Gasteiger partial charge in [-0.15, -0.1) is 0 Å².